The molecule has 0 bridgehead atoms. The maximum Gasteiger partial charge on any atom is 0.341 e. The van der Waals surface area contributed by atoms with Crippen molar-refractivity contribution in [1.82, 2.24) is 4.57 Å². The van der Waals surface area contributed by atoms with Gasteiger partial charge < -0.3 is 9.30 Å². The standard InChI is InChI=1S/C18H24N2O4S/c1-7-24-18(21)16-13(4)20(6)14(5)17(16)25(22,23)19-15-10-11(2)8-9-12(15)3/h8-10,19H,7H2,1-6H3. The fourth-order valence-electron chi connectivity index (χ4n) is 2.73. The quantitative estimate of drug-likeness (QED) is 0.826. The first-order valence-corrected chi connectivity index (χ1v) is 9.51. The second-order valence-electron chi connectivity index (χ2n) is 6.08. The second kappa shape index (κ2) is 6.92. The highest BCUT2D eigenvalue weighted by atomic mass is 32.2. The fourth-order valence-corrected chi connectivity index (χ4v) is 4.37. The Kier molecular flexibility index (Phi) is 5.27. The van der Waals surface area contributed by atoms with E-state index in [1.807, 2.05) is 26.0 Å². The SMILES string of the molecule is CCOC(=O)c1c(S(=O)(=O)Nc2cc(C)ccc2C)c(C)n(C)c1C. The average molecular weight is 364 g/mol. The van der Waals surface area contributed by atoms with Crippen molar-refractivity contribution >= 4 is 21.7 Å². The predicted octanol–water partition coefficient (Wildman–Crippen LogP) is 3.24. The number of ether oxygens (including phenoxy) is 1. The highest BCUT2D eigenvalue weighted by molar-refractivity contribution is 7.92. The number of esters is 1. The molecule has 136 valence electrons. The van der Waals surface area contributed by atoms with Crippen LogP contribution >= 0.6 is 0 Å². The zero-order valence-electron chi connectivity index (χ0n) is 15.4. The number of nitrogens with one attached hydrogen (secondary N) is 1. The molecule has 25 heavy (non-hydrogen) atoms. The molecular weight excluding hydrogens is 340 g/mol. The monoisotopic (exact) mass is 364 g/mol. The van der Waals surface area contributed by atoms with Crippen molar-refractivity contribution in [3.8, 4) is 0 Å². The number of aromatic nitrogens is 1. The van der Waals surface area contributed by atoms with Gasteiger partial charge >= 0.3 is 5.97 Å². The first-order chi connectivity index (χ1) is 11.6. The number of carbonyl (C=O) groups is 1. The Balaban J connectivity index is 2.61. The van der Waals surface area contributed by atoms with Gasteiger partial charge in [-0.3, -0.25) is 4.72 Å². The van der Waals surface area contributed by atoms with Gasteiger partial charge in [-0.25, -0.2) is 13.2 Å². The first-order valence-electron chi connectivity index (χ1n) is 8.03. The molecule has 0 fully saturated rings. The summed E-state index contributed by atoms with van der Waals surface area (Å²) in [5.41, 5.74) is 3.36. The lowest BCUT2D eigenvalue weighted by Crippen LogP contribution is -2.18. The zero-order valence-corrected chi connectivity index (χ0v) is 16.2. The molecule has 1 aromatic heterocycles. The Morgan fingerprint density at radius 1 is 1.16 bits per heavy atom. The molecule has 0 atom stereocenters. The average Bonchev–Trinajstić information content (AvgIpc) is 2.76. The van der Waals surface area contributed by atoms with Crippen molar-refractivity contribution < 1.29 is 17.9 Å². The maximum atomic E-state index is 13.0. The lowest BCUT2D eigenvalue weighted by molar-refractivity contribution is 0.0521. The summed E-state index contributed by atoms with van der Waals surface area (Å²) in [7, 11) is -2.22. The van der Waals surface area contributed by atoms with Crippen LogP contribution in [0.2, 0.25) is 0 Å². The second-order valence-corrected chi connectivity index (χ2v) is 7.70. The van der Waals surface area contributed by atoms with E-state index in [9.17, 15) is 13.2 Å². The van der Waals surface area contributed by atoms with E-state index in [4.69, 9.17) is 4.74 Å². The molecule has 0 aliphatic rings. The Morgan fingerprint density at radius 2 is 1.80 bits per heavy atom. The van der Waals surface area contributed by atoms with E-state index in [1.165, 1.54) is 0 Å². The molecule has 0 saturated heterocycles. The molecule has 0 unspecified atom stereocenters. The fraction of sp³-hybridized carbons (Fsp3) is 0.389. The highest BCUT2D eigenvalue weighted by Crippen LogP contribution is 2.29. The van der Waals surface area contributed by atoms with E-state index in [0.29, 0.717) is 17.1 Å². The van der Waals surface area contributed by atoms with Crippen LogP contribution in [0.25, 0.3) is 0 Å². The smallest absolute Gasteiger partial charge is 0.341 e. The third-order valence-corrected chi connectivity index (χ3v) is 5.84. The van der Waals surface area contributed by atoms with Crippen molar-refractivity contribution in [3.05, 3.63) is 46.3 Å². The molecule has 1 aromatic carbocycles. The number of aryl methyl sites for hydroxylation is 2. The topological polar surface area (TPSA) is 77.4 Å². The van der Waals surface area contributed by atoms with E-state index in [-0.39, 0.29) is 17.1 Å². The van der Waals surface area contributed by atoms with Crippen molar-refractivity contribution in [1.29, 1.82) is 0 Å². The predicted molar refractivity (Wildman–Crippen MR) is 97.6 cm³/mol. The molecule has 6 nitrogen and oxygen atoms in total. The van der Waals surface area contributed by atoms with Crippen LogP contribution in [0.4, 0.5) is 5.69 Å². The number of nitrogens with zero attached hydrogens (tertiary/aromatic N) is 1. The third-order valence-electron chi connectivity index (χ3n) is 4.31. The van der Waals surface area contributed by atoms with Crippen molar-refractivity contribution in [2.75, 3.05) is 11.3 Å². The van der Waals surface area contributed by atoms with Gasteiger partial charge in [-0.05, 0) is 51.8 Å². The van der Waals surface area contributed by atoms with Gasteiger partial charge in [0.05, 0.1) is 12.3 Å². The van der Waals surface area contributed by atoms with E-state index in [2.05, 4.69) is 4.72 Å². The molecule has 0 aliphatic carbocycles. The normalized spacial score (nSPS) is 11.4. The van der Waals surface area contributed by atoms with Crippen LogP contribution in [0.5, 0.6) is 0 Å². The Labute approximate surface area is 148 Å². The lowest BCUT2D eigenvalue weighted by Gasteiger charge is -2.13. The summed E-state index contributed by atoms with van der Waals surface area (Å²) < 4.78 is 35.5. The minimum Gasteiger partial charge on any atom is -0.462 e. The number of rotatable bonds is 5. The van der Waals surface area contributed by atoms with Gasteiger partial charge in [-0.15, -0.1) is 0 Å². The van der Waals surface area contributed by atoms with E-state index in [1.54, 1.807) is 38.5 Å². The summed E-state index contributed by atoms with van der Waals surface area (Å²) in [4.78, 5) is 12.3. The number of benzene rings is 1. The number of sulfonamides is 1. The van der Waals surface area contributed by atoms with Crippen LogP contribution in [-0.2, 0) is 21.8 Å². The van der Waals surface area contributed by atoms with Gasteiger partial charge in [0, 0.05) is 18.4 Å². The van der Waals surface area contributed by atoms with E-state index in [0.717, 1.165) is 11.1 Å². The number of hydrogen-bond acceptors (Lipinski definition) is 4. The van der Waals surface area contributed by atoms with Gasteiger partial charge in [0.15, 0.2) is 0 Å². The molecule has 1 heterocycles. The van der Waals surface area contributed by atoms with Gasteiger partial charge in [0.1, 0.15) is 10.5 Å². The van der Waals surface area contributed by atoms with Crippen LogP contribution < -0.4 is 4.72 Å². The van der Waals surface area contributed by atoms with E-state index < -0.39 is 16.0 Å². The zero-order chi connectivity index (χ0) is 18.9. The van der Waals surface area contributed by atoms with Crippen LogP contribution in [-0.4, -0.2) is 25.6 Å². The molecule has 2 aromatic rings. The van der Waals surface area contributed by atoms with Gasteiger partial charge in [0.25, 0.3) is 10.0 Å². The molecule has 7 heteroatoms. The van der Waals surface area contributed by atoms with Crippen LogP contribution in [0, 0.1) is 27.7 Å². The summed E-state index contributed by atoms with van der Waals surface area (Å²) in [6, 6.07) is 5.53. The molecule has 0 radical (unpaired) electrons. The van der Waals surface area contributed by atoms with Crippen LogP contribution in [0.15, 0.2) is 23.1 Å². The number of anilines is 1. The number of hydrogen-bond donors (Lipinski definition) is 1. The van der Waals surface area contributed by atoms with E-state index >= 15 is 0 Å². The van der Waals surface area contributed by atoms with Gasteiger partial charge in [0.2, 0.25) is 0 Å². The van der Waals surface area contributed by atoms with Crippen molar-refractivity contribution in [3.63, 3.8) is 0 Å². The highest BCUT2D eigenvalue weighted by Gasteiger charge is 2.31. The summed E-state index contributed by atoms with van der Waals surface area (Å²) in [5.74, 6) is -0.634. The summed E-state index contributed by atoms with van der Waals surface area (Å²) in [6.07, 6.45) is 0. The molecule has 1 N–H and O–H groups in total. The van der Waals surface area contributed by atoms with Crippen molar-refractivity contribution in [2.24, 2.45) is 7.05 Å². The Bertz CT molecular complexity index is 927. The number of carbonyl (C=O) groups excluding carboxylic acids is 1. The Hall–Kier alpha value is -2.28. The summed E-state index contributed by atoms with van der Waals surface area (Å²) in [6.45, 7) is 8.96. The van der Waals surface area contributed by atoms with Crippen LogP contribution in [0.3, 0.4) is 0 Å². The minimum atomic E-state index is -3.95. The van der Waals surface area contributed by atoms with Crippen molar-refractivity contribution in [2.45, 2.75) is 39.5 Å². The molecule has 0 spiro atoms. The maximum absolute atomic E-state index is 13.0. The van der Waals surface area contributed by atoms with Crippen LogP contribution in [0.1, 0.15) is 39.8 Å². The molecule has 2 rings (SSSR count). The summed E-state index contributed by atoms with van der Waals surface area (Å²) in [5, 5.41) is 0. The van der Waals surface area contributed by atoms with Gasteiger partial charge in [-0.2, -0.15) is 0 Å². The van der Waals surface area contributed by atoms with Gasteiger partial charge in [-0.1, -0.05) is 12.1 Å². The molecule has 0 saturated carbocycles. The largest absolute Gasteiger partial charge is 0.462 e. The first kappa shape index (κ1) is 19.1. The Morgan fingerprint density at radius 3 is 2.40 bits per heavy atom. The molecule has 0 aliphatic heterocycles. The third kappa shape index (κ3) is 3.56. The summed E-state index contributed by atoms with van der Waals surface area (Å²) >= 11 is 0. The molecule has 0 amide bonds. The lowest BCUT2D eigenvalue weighted by atomic mass is 10.1. The molecular formula is C18H24N2O4S. The minimum absolute atomic E-state index is 0.0353.